The molecule has 0 bridgehead atoms. The molecule has 1 aliphatic rings. The third kappa shape index (κ3) is 3.13. The Bertz CT molecular complexity index is 770. The predicted octanol–water partition coefficient (Wildman–Crippen LogP) is 2.81. The molecule has 1 saturated heterocycles. The lowest BCUT2D eigenvalue weighted by atomic mass is 10.1. The van der Waals surface area contributed by atoms with Gasteiger partial charge in [-0.15, -0.1) is 0 Å². The van der Waals surface area contributed by atoms with Crippen LogP contribution >= 0.6 is 0 Å². The molecule has 1 heterocycles. The number of hydrogen-bond acceptors (Lipinski definition) is 2. The number of carbonyl (C=O) groups excluding carboxylic acids is 2. The lowest BCUT2D eigenvalue weighted by molar-refractivity contribution is -0.117. The van der Waals surface area contributed by atoms with E-state index in [1.165, 1.54) is 6.07 Å². The van der Waals surface area contributed by atoms with Crippen LogP contribution in [0.2, 0.25) is 0 Å². The summed E-state index contributed by atoms with van der Waals surface area (Å²) in [5.41, 5.74) is 1.18. The van der Waals surface area contributed by atoms with Crippen molar-refractivity contribution in [3.05, 3.63) is 65.2 Å². The van der Waals surface area contributed by atoms with Gasteiger partial charge in [-0.2, -0.15) is 0 Å². The fraction of sp³-hybridized carbons (Fsp3) is 0.222. The molecule has 4 nitrogen and oxygen atoms in total. The van der Waals surface area contributed by atoms with Gasteiger partial charge in [0.25, 0.3) is 5.91 Å². The van der Waals surface area contributed by atoms with Crippen molar-refractivity contribution < 1.29 is 18.4 Å². The van der Waals surface area contributed by atoms with Crippen LogP contribution in [0.1, 0.15) is 22.3 Å². The SMILES string of the molecule is Cc1ccc(N2C[C@@H](NC(=O)c3c(F)cccc3F)CC2=O)cc1. The Hall–Kier alpha value is -2.76. The van der Waals surface area contributed by atoms with Crippen LogP contribution in [0, 0.1) is 18.6 Å². The third-order valence-corrected chi connectivity index (χ3v) is 4.00. The van der Waals surface area contributed by atoms with Crippen LogP contribution in [0.4, 0.5) is 14.5 Å². The third-order valence-electron chi connectivity index (χ3n) is 4.00. The van der Waals surface area contributed by atoms with Crippen molar-refractivity contribution in [1.82, 2.24) is 5.32 Å². The van der Waals surface area contributed by atoms with Crippen molar-refractivity contribution in [1.29, 1.82) is 0 Å². The maximum Gasteiger partial charge on any atom is 0.257 e. The average Bonchev–Trinajstić information content (AvgIpc) is 2.88. The van der Waals surface area contributed by atoms with Gasteiger partial charge in [0.1, 0.15) is 17.2 Å². The molecule has 1 aliphatic heterocycles. The van der Waals surface area contributed by atoms with E-state index in [0.29, 0.717) is 0 Å². The molecule has 2 aromatic rings. The number of amides is 2. The highest BCUT2D eigenvalue weighted by Gasteiger charge is 2.32. The molecule has 2 aromatic carbocycles. The summed E-state index contributed by atoms with van der Waals surface area (Å²) in [7, 11) is 0. The minimum atomic E-state index is -0.924. The summed E-state index contributed by atoms with van der Waals surface area (Å²) in [5.74, 6) is -2.84. The van der Waals surface area contributed by atoms with Crippen LogP contribution in [0.15, 0.2) is 42.5 Å². The van der Waals surface area contributed by atoms with Gasteiger partial charge < -0.3 is 10.2 Å². The van der Waals surface area contributed by atoms with Gasteiger partial charge >= 0.3 is 0 Å². The standard InChI is InChI=1S/C18H16F2N2O2/c1-11-5-7-13(8-6-11)22-10-12(9-16(22)23)21-18(24)17-14(19)3-2-4-15(17)20/h2-8,12H,9-10H2,1H3,(H,21,24)/t12-/m0/s1. The molecule has 0 spiro atoms. The van der Waals surface area contributed by atoms with Gasteiger partial charge in [0.15, 0.2) is 0 Å². The van der Waals surface area contributed by atoms with E-state index in [-0.39, 0.29) is 18.9 Å². The molecule has 0 radical (unpaired) electrons. The van der Waals surface area contributed by atoms with E-state index in [9.17, 15) is 18.4 Å². The van der Waals surface area contributed by atoms with Crippen LogP contribution in [-0.2, 0) is 4.79 Å². The first-order valence-electron chi connectivity index (χ1n) is 7.57. The second-order valence-electron chi connectivity index (χ2n) is 5.81. The number of benzene rings is 2. The van der Waals surface area contributed by atoms with Crippen molar-refractivity contribution in [3.63, 3.8) is 0 Å². The molecular formula is C18H16F2N2O2. The average molecular weight is 330 g/mol. The number of halogens is 2. The van der Waals surface area contributed by atoms with E-state index in [2.05, 4.69) is 5.32 Å². The number of anilines is 1. The molecule has 0 unspecified atom stereocenters. The Morgan fingerprint density at radius 3 is 2.38 bits per heavy atom. The Morgan fingerprint density at radius 2 is 1.75 bits per heavy atom. The molecule has 1 N–H and O–H groups in total. The predicted molar refractivity (Wildman–Crippen MR) is 85.8 cm³/mol. The van der Waals surface area contributed by atoms with Crippen LogP contribution in [0.3, 0.4) is 0 Å². The van der Waals surface area contributed by atoms with Crippen molar-refractivity contribution in [3.8, 4) is 0 Å². The molecule has 1 fully saturated rings. The van der Waals surface area contributed by atoms with Crippen molar-refractivity contribution in [2.75, 3.05) is 11.4 Å². The summed E-state index contributed by atoms with van der Waals surface area (Å²) in [6.07, 6.45) is 0.0929. The van der Waals surface area contributed by atoms with Crippen LogP contribution in [0.5, 0.6) is 0 Å². The molecule has 1 atom stereocenters. The highest BCUT2D eigenvalue weighted by atomic mass is 19.1. The Balaban J connectivity index is 1.72. The number of carbonyl (C=O) groups is 2. The maximum absolute atomic E-state index is 13.7. The fourth-order valence-corrected chi connectivity index (χ4v) is 2.75. The first-order chi connectivity index (χ1) is 11.5. The number of rotatable bonds is 3. The van der Waals surface area contributed by atoms with Crippen molar-refractivity contribution in [2.24, 2.45) is 0 Å². The van der Waals surface area contributed by atoms with Gasteiger partial charge in [-0.25, -0.2) is 8.78 Å². The molecule has 2 amide bonds. The van der Waals surface area contributed by atoms with Gasteiger partial charge in [-0.1, -0.05) is 23.8 Å². The summed E-state index contributed by atoms with van der Waals surface area (Å²) in [4.78, 5) is 25.8. The van der Waals surface area contributed by atoms with Gasteiger partial charge in [0, 0.05) is 18.7 Å². The largest absolute Gasteiger partial charge is 0.347 e. The quantitative estimate of drug-likeness (QED) is 0.941. The van der Waals surface area contributed by atoms with Crippen molar-refractivity contribution >= 4 is 17.5 Å². The zero-order chi connectivity index (χ0) is 17.3. The number of hydrogen-bond donors (Lipinski definition) is 1. The molecule has 24 heavy (non-hydrogen) atoms. The Kier molecular flexibility index (Phi) is 4.29. The van der Waals surface area contributed by atoms with Gasteiger partial charge in [-0.3, -0.25) is 9.59 Å². The van der Waals surface area contributed by atoms with E-state index in [1.807, 2.05) is 31.2 Å². The molecule has 0 aromatic heterocycles. The van der Waals surface area contributed by atoms with Gasteiger partial charge in [-0.05, 0) is 31.2 Å². The summed E-state index contributed by atoms with van der Waals surface area (Å²) < 4.78 is 27.3. The smallest absolute Gasteiger partial charge is 0.257 e. The fourth-order valence-electron chi connectivity index (χ4n) is 2.75. The zero-order valence-electron chi connectivity index (χ0n) is 13.1. The van der Waals surface area contributed by atoms with Gasteiger partial charge in [0.2, 0.25) is 5.91 Å². The van der Waals surface area contributed by atoms with E-state index in [4.69, 9.17) is 0 Å². The van der Waals surface area contributed by atoms with E-state index in [1.54, 1.807) is 4.90 Å². The Labute approximate surface area is 138 Å². The lowest BCUT2D eigenvalue weighted by Crippen LogP contribution is -2.38. The topological polar surface area (TPSA) is 49.4 Å². The van der Waals surface area contributed by atoms with Gasteiger partial charge in [0.05, 0.1) is 6.04 Å². The first kappa shape index (κ1) is 16.1. The van der Waals surface area contributed by atoms with E-state index >= 15 is 0 Å². The summed E-state index contributed by atoms with van der Waals surface area (Å²) in [6, 6.07) is 10.2. The monoisotopic (exact) mass is 330 g/mol. The molecule has 124 valence electrons. The molecule has 6 heteroatoms. The second-order valence-corrected chi connectivity index (χ2v) is 5.81. The molecule has 0 saturated carbocycles. The maximum atomic E-state index is 13.7. The highest BCUT2D eigenvalue weighted by Crippen LogP contribution is 2.22. The number of aryl methyl sites for hydroxylation is 1. The lowest BCUT2D eigenvalue weighted by Gasteiger charge is -2.17. The molecule has 3 rings (SSSR count). The van der Waals surface area contributed by atoms with Crippen LogP contribution < -0.4 is 10.2 Å². The normalized spacial score (nSPS) is 17.2. The molecule has 0 aliphatic carbocycles. The number of nitrogens with one attached hydrogen (secondary N) is 1. The minimum Gasteiger partial charge on any atom is -0.347 e. The zero-order valence-corrected chi connectivity index (χ0v) is 13.1. The van der Waals surface area contributed by atoms with E-state index < -0.39 is 29.1 Å². The molecular weight excluding hydrogens is 314 g/mol. The Morgan fingerprint density at radius 1 is 1.12 bits per heavy atom. The van der Waals surface area contributed by atoms with Crippen LogP contribution in [-0.4, -0.2) is 24.4 Å². The minimum absolute atomic E-state index is 0.0929. The second kappa shape index (κ2) is 6.39. The van der Waals surface area contributed by atoms with Crippen LogP contribution in [0.25, 0.3) is 0 Å². The first-order valence-corrected chi connectivity index (χ1v) is 7.57. The van der Waals surface area contributed by atoms with Crippen molar-refractivity contribution in [2.45, 2.75) is 19.4 Å². The summed E-state index contributed by atoms with van der Waals surface area (Å²) in [5, 5.41) is 2.54. The summed E-state index contributed by atoms with van der Waals surface area (Å²) in [6.45, 7) is 2.21. The highest BCUT2D eigenvalue weighted by molar-refractivity contribution is 5.99. The van der Waals surface area contributed by atoms with E-state index in [0.717, 1.165) is 23.4 Å². The number of nitrogens with zero attached hydrogens (tertiary/aromatic N) is 1. The summed E-state index contributed by atoms with van der Waals surface area (Å²) >= 11 is 0.